The molecule has 114 valence electrons. The predicted octanol–water partition coefficient (Wildman–Crippen LogP) is 2.21. The number of rotatable bonds is 8. The predicted molar refractivity (Wildman–Crippen MR) is 79.2 cm³/mol. The van der Waals surface area contributed by atoms with Crippen LogP contribution in [0, 0.1) is 0 Å². The van der Waals surface area contributed by atoms with Gasteiger partial charge in [0.25, 0.3) is 0 Å². The molecular formula is C12H26O5SSi. The second-order valence-corrected chi connectivity index (χ2v) is 8.52. The molecule has 0 aliphatic heterocycles. The van der Waals surface area contributed by atoms with Crippen LogP contribution < -0.4 is 0 Å². The highest BCUT2D eigenvalue weighted by molar-refractivity contribution is 7.84. The number of ether oxygens (including phenoxy) is 1. The summed E-state index contributed by atoms with van der Waals surface area (Å²) in [7, 11) is -1.97. The third-order valence-corrected chi connectivity index (χ3v) is 6.42. The van der Waals surface area contributed by atoms with Gasteiger partial charge in [0.1, 0.15) is 0 Å². The minimum Gasteiger partial charge on any atom is -0.468 e. The van der Waals surface area contributed by atoms with Crippen molar-refractivity contribution in [3.63, 3.8) is 0 Å². The topological polar surface area (TPSA) is 54.0 Å². The van der Waals surface area contributed by atoms with E-state index in [1.807, 2.05) is 41.5 Å². The molecule has 19 heavy (non-hydrogen) atoms. The van der Waals surface area contributed by atoms with E-state index < -0.39 is 19.6 Å². The van der Waals surface area contributed by atoms with Gasteiger partial charge >= 0.3 is 14.8 Å². The van der Waals surface area contributed by atoms with Crippen molar-refractivity contribution >= 4 is 27.4 Å². The van der Waals surface area contributed by atoms with E-state index in [1.54, 1.807) is 0 Å². The van der Waals surface area contributed by atoms with E-state index >= 15 is 0 Å². The molecule has 0 aromatic carbocycles. The van der Waals surface area contributed by atoms with E-state index in [0.29, 0.717) is 0 Å². The minimum absolute atomic E-state index is 0.136. The number of thiol groups is 1. The maximum Gasteiger partial charge on any atom is 0.526 e. The van der Waals surface area contributed by atoms with Crippen molar-refractivity contribution in [2.45, 2.75) is 64.7 Å². The largest absolute Gasteiger partial charge is 0.526 e. The lowest BCUT2D eigenvalue weighted by atomic mass is 10.5. The molecule has 0 aliphatic rings. The van der Waals surface area contributed by atoms with Crippen molar-refractivity contribution in [1.82, 2.24) is 0 Å². The van der Waals surface area contributed by atoms with Crippen molar-refractivity contribution in [1.29, 1.82) is 0 Å². The van der Waals surface area contributed by atoms with Gasteiger partial charge in [-0.2, -0.15) is 12.6 Å². The molecule has 0 radical (unpaired) electrons. The molecule has 1 atom stereocenters. The van der Waals surface area contributed by atoms with Gasteiger partial charge in [0.05, 0.1) is 7.11 Å². The van der Waals surface area contributed by atoms with E-state index in [0.717, 1.165) is 0 Å². The van der Waals surface area contributed by atoms with Crippen LogP contribution in [0.25, 0.3) is 0 Å². The normalized spacial score (nSPS) is 14.3. The van der Waals surface area contributed by atoms with Gasteiger partial charge in [-0.3, -0.25) is 4.79 Å². The summed E-state index contributed by atoms with van der Waals surface area (Å²) in [4.78, 5) is 10.9. The smallest absolute Gasteiger partial charge is 0.468 e. The molecule has 0 saturated carbocycles. The van der Waals surface area contributed by atoms with E-state index in [1.165, 1.54) is 7.11 Å². The summed E-state index contributed by atoms with van der Waals surface area (Å²) in [6.45, 7) is 11.2. The average Bonchev–Trinajstić information content (AvgIpc) is 2.23. The standard InChI is InChI=1S/C12H26O5SSi/c1-8(2)15-19(16-9(3)4,17-10(5)6)12(18)11(13)14-7/h8-10,12,18H,1-7H3. The first-order chi connectivity index (χ1) is 8.64. The number of hydrogen-bond donors (Lipinski definition) is 1. The summed E-state index contributed by atoms with van der Waals surface area (Å²) in [5, 5.41) is 0. The fraction of sp³-hybridized carbons (Fsp3) is 0.917. The van der Waals surface area contributed by atoms with Gasteiger partial charge in [-0.25, -0.2) is 0 Å². The van der Waals surface area contributed by atoms with Crippen LogP contribution in [0.2, 0.25) is 0 Å². The quantitative estimate of drug-likeness (QED) is 0.423. The molecule has 0 N–H and O–H groups in total. The van der Waals surface area contributed by atoms with Crippen LogP contribution in [-0.2, 0) is 22.8 Å². The summed E-state index contributed by atoms with van der Waals surface area (Å²) in [6.07, 6.45) is -0.407. The Hall–Kier alpha value is -0.0831. The molecule has 0 spiro atoms. The molecule has 1 unspecified atom stereocenters. The third kappa shape index (κ3) is 6.27. The van der Waals surface area contributed by atoms with Crippen LogP contribution in [0.4, 0.5) is 0 Å². The highest BCUT2D eigenvalue weighted by atomic mass is 32.1. The van der Waals surface area contributed by atoms with Crippen molar-refractivity contribution in [3.05, 3.63) is 0 Å². The zero-order chi connectivity index (χ0) is 15.2. The van der Waals surface area contributed by atoms with Gasteiger partial charge in [0.15, 0.2) is 4.87 Å². The van der Waals surface area contributed by atoms with Gasteiger partial charge in [-0.15, -0.1) is 0 Å². The fourth-order valence-electron chi connectivity index (χ4n) is 1.52. The third-order valence-electron chi connectivity index (χ3n) is 1.96. The van der Waals surface area contributed by atoms with Gasteiger partial charge < -0.3 is 18.0 Å². The maximum absolute atomic E-state index is 11.8. The zero-order valence-corrected chi connectivity index (χ0v) is 14.7. The second-order valence-electron chi connectivity index (χ2n) is 5.03. The summed E-state index contributed by atoms with van der Waals surface area (Å²) in [5.41, 5.74) is 0. The Kier molecular flexibility index (Phi) is 8.22. The van der Waals surface area contributed by atoms with Crippen molar-refractivity contribution in [3.8, 4) is 0 Å². The lowest BCUT2D eigenvalue weighted by Crippen LogP contribution is -2.60. The summed E-state index contributed by atoms with van der Waals surface area (Å²) >= 11 is 4.32. The van der Waals surface area contributed by atoms with Crippen molar-refractivity contribution in [2.75, 3.05) is 7.11 Å². The molecule has 5 nitrogen and oxygen atoms in total. The first kappa shape index (κ1) is 18.9. The number of carbonyl (C=O) groups excluding carboxylic acids is 1. The Morgan fingerprint density at radius 2 is 1.21 bits per heavy atom. The van der Waals surface area contributed by atoms with E-state index in [4.69, 9.17) is 18.0 Å². The number of esters is 1. The maximum atomic E-state index is 11.8. The molecule has 0 aromatic heterocycles. The minimum atomic E-state index is -3.28. The first-order valence-corrected chi connectivity index (χ1v) is 8.75. The Morgan fingerprint density at radius 1 is 0.895 bits per heavy atom. The molecule has 7 heteroatoms. The Balaban J connectivity index is 5.37. The molecule has 0 aliphatic carbocycles. The van der Waals surface area contributed by atoms with Gasteiger partial charge in [0, 0.05) is 18.3 Å². The SMILES string of the molecule is COC(=O)C(S)[Si](OC(C)C)(OC(C)C)OC(C)C. The van der Waals surface area contributed by atoms with E-state index in [-0.39, 0.29) is 18.3 Å². The second kappa shape index (κ2) is 8.26. The van der Waals surface area contributed by atoms with E-state index in [2.05, 4.69) is 12.6 Å². The van der Waals surface area contributed by atoms with Crippen LogP contribution in [0.5, 0.6) is 0 Å². The molecular weight excluding hydrogens is 284 g/mol. The molecule has 0 bridgehead atoms. The molecule has 0 amide bonds. The van der Waals surface area contributed by atoms with Crippen molar-refractivity contribution in [2.24, 2.45) is 0 Å². The highest BCUT2D eigenvalue weighted by Crippen LogP contribution is 2.25. The van der Waals surface area contributed by atoms with Gasteiger partial charge in [-0.05, 0) is 41.5 Å². The molecule has 0 rings (SSSR count). The summed E-state index contributed by atoms with van der Waals surface area (Å²) < 4.78 is 22.3. The molecule has 0 heterocycles. The monoisotopic (exact) mass is 310 g/mol. The van der Waals surface area contributed by atoms with Crippen LogP contribution in [0.3, 0.4) is 0 Å². The van der Waals surface area contributed by atoms with Gasteiger partial charge in [-0.1, -0.05) is 0 Å². The Bertz CT molecular complexity index is 257. The summed E-state index contributed by atoms with van der Waals surface area (Å²) in [5.74, 6) is -0.503. The number of carbonyl (C=O) groups is 1. The Labute approximate surface area is 122 Å². The van der Waals surface area contributed by atoms with E-state index in [9.17, 15) is 4.79 Å². The van der Waals surface area contributed by atoms with Crippen LogP contribution >= 0.6 is 12.6 Å². The Morgan fingerprint density at radius 3 is 1.42 bits per heavy atom. The first-order valence-electron chi connectivity index (χ1n) is 6.44. The number of methoxy groups -OCH3 is 1. The van der Waals surface area contributed by atoms with Crippen LogP contribution in [0.15, 0.2) is 0 Å². The molecule has 0 fully saturated rings. The zero-order valence-electron chi connectivity index (χ0n) is 12.8. The average molecular weight is 310 g/mol. The van der Waals surface area contributed by atoms with Crippen LogP contribution in [0.1, 0.15) is 41.5 Å². The van der Waals surface area contributed by atoms with Gasteiger partial charge in [0.2, 0.25) is 0 Å². The summed E-state index contributed by atoms with van der Waals surface area (Å²) in [6, 6.07) is 0. The lowest BCUT2D eigenvalue weighted by molar-refractivity contribution is -0.140. The van der Waals surface area contributed by atoms with Crippen LogP contribution in [-0.4, -0.2) is 45.1 Å². The van der Waals surface area contributed by atoms with Crippen molar-refractivity contribution < 1.29 is 22.8 Å². The fourth-order valence-corrected chi connectivity index (χ4v) is 5.10. The number of hydrogen-bond acceptors (Lipinski definition) is 6. The molecule has 0 saturated heterocycles. The highest BCUT2D eigenvalue weighted by Gasteiger charge is 2.54. The molecule has 0 aromatic rings. The lowest BCUT2D eigenvalue weighted by Gasteiger charge is -2.36.